The first-order valence-electron chi connectivity index (χ1n) is 5.17. The molecule has 1 fully saturated rings. The van der Waals surface area contributed by atoms with E-state index in [0.29, 0.717) is 4.47 Å². The largest absolute Gasteiger partial charge is 0.297 e. The van der Waals surface area contributed by atoms with Crippen molar-refractivity contribution >= 4 is 26.7 Å². The first kappa shape index (κ1) is 12.2. The third kappa shape index (κ3) is 2.90. The molecule has 1 aromatic rings. The highest BCUT2D eigenvalue weighted by Gasteiger charge is 2.16. The van der Waals surface area contributed by atoms with Crippen LogP contribution in [0.3, 0.4) is 0 Å². The number of benzene rings is 1. The first-order chi connectivity index (χ1) is 7.66. The molecule has 0 aromatic heterocycles. The number of hydrogen-bond donors (Lipinski definition) is 0. The highest BCUT2D eigenvalue weighted by molar-refractivity contribution is 9.10. The lowest BCUT2D eigenvalue weighted by Crippen LogP contribution is -2.37. The molecule has 2 rings (SSSR count). The summed E-state index contributed by atoms with van der Waals surface area (Å²) in [5.74, 6) is 1.23. The van der Waals surface area contributed by atoms with Crippen molar-refractivity contribution in [3.63, 3.8) is 0 Å². The zero-order valence-electron chi connectivity index (χ0n) is 8.79. The van der Waals surface area contributed by atoms with Crippen LogP contribution in [0.1, 0.15) is 5.56 Å². The summed E-state index contributed by atoms with van der Waals surface area (Å²) in [6.07, 6.45) is 0. The van der Waals surface area contributed by atoms with Crippen LogP contribution in [0.2, 0.25) is 0 Å². The van der Waals surface area contributed by atoms with E-state index >= 15 is 0 Å². The molecule has 0 radical (unpaired) electrons. The SMILES string of the molecule is O=S1CCN(Cc2cccc(F)c2Br)CC1. The Labute approximate surface area is 105 Å². The third-order valence-corrected chi connectivity index (χ3v) is 4.86. The molecule has 0 amide bonds. The van der Waals surface area contributed by atoms with Gasteiger partial charge in [-0.15, -0.1) is 0 Å². The molecule has 1 aliphatic rings. The van der Waals surface area contributed by atoms with E-state index in [4.69, 9.17) is 0 Å². The van der Waals surface area contributed by atoms with Gasteiger partial charge in [-0.2, -0.15) is 0 Å². The van der Waals surface area contributed by atoms with Crippen molar-refractivity contribution in [1.29, 1.82) is 0 Å². The predicted molar refractivity (Wildman–Crippen MR) is 67.3 cm³/mol. The average Bonchev–Trinajstić information content (AvgIpc) is 2.28. The molecule has 5 heteroatoms. The second kappa shape index (κ2) is 5.38. The molecule has 88 valence electrons. The Morgan fingerprint density at radius 3 is 2.75 bits per heavy atom. The summed E-state index contributed by atoms with van der Waals surface area (Å²) < 4.78 is 25.0. The van der Waals surface area contributed by atoms with Gasteiger partial charge < -0.3 is 0 Å². The molecular weight excluding hydrogens is 293 g/mol. The minimum Gasteiger partial charge on any atom is -0.297 e. The lowest BCUT2D eigenvalue weighted by molar-refractivity contribution is 0.290. The summed E-state index contributed by atoms with van der Waals surface area (Å²) in [5.41, 5.74) is 0.952. The molecular formula is C11H13BrFNOS. The van der Waals surface area contributed by atoms with Gasteiger partial charge in [-0.25, -0.2) is 4.39 Å². The van der Waals surface area contributed by atoms with Crippen LogP contribution in [0.5, 0.6) is 0 Å². The van der Waals surface area contributed by atoms with E-state index in [-0.39, 0.29) is 5.82 Å². The normalized spacial score (nSPS) is 18.9. The molecule has 0 bridgehead atoms. The molecule has 0 spiro atoms. The molecule has 0 saturated carbocycles. The Bertz CT molecular complexity index is 403. The predicted octanol–water partition coefficient (Wildman–Crippen LogP) is 2.15. The monoisotopic (exact) mass is 305 g/mol. The summed E-state index contributed by atoms with van der Waals surface area (Å²) in [7, 11) is -0.656. The van der Waals surface area contributed by atoms with Crippen molar-refractivity contribution in [3.8, 4) is 0 Å². The van der Waals surface area contributed by atoms with Crippen LogP contribution in [0, 0.1) is 5.82 Å². The zero-order valence-corrected chi connectivity index (χ0v) is 11.2. The van der Waals surface area contributed by atoms with E-state index in [1.165, 1.54) is 6.07 Å². The maximum absolute atomic E-state index is 13.3. The van der Waals surface area contributed by atoms with Crippen molar-refractivity contribution < 1.29 is 8.60 Å². The minimum absolute atomic E-state index is 0.224. The summed E-state index contributed by atoms with van der Waals surface area (Å²) >= 11 is 3.26. The van der Waals surface area contributed by atoms with E-state index in [9.17, 15) is 8.60 Å². The maximum Gasteiger partial charge on any atom is 0.137 e. The van der Waals surface area contributed by atoms with Crippen molar-refractivity contribution in [1.82, 2.24) is 4.90 Å². The van der Waals surface area contributed by atoms with Gasteiger partial charge in [0.15, 0.2) is 0 Å². The fourth-order valence-corrected chi connectivity index (χ4v) is 3.26. The molecule has 1 saturated heterocycles. The fraction of sp³-hybridized carbons (Fsp3) is 0.455. The van der Waals surface area contributed by atoms with E-state index in [2.05, 4.69) is 20.8 Å². The molecule has 1 aromatic carbocycles. The van der Waals surface area contributed by atoms with Gasteiger partial charge in [0.2, 0.25) is 0 Å². The molecule has 0 aliphatic carbocycles. The van der Waals surface area contributed by atoms with E-state index < -0.39 is 10.8 Å². The Morgan fingerprint density at radius 2 is 2.06 bits per heavy atom. The van der Waals surface area contributed by atoms with Gasteiger partial charge in [-0.05, 0) is 27.6 Å². The van der Waals surface area contributed by atoms with Crippen molar-refractivity contribution in [2.24, 2.45) is 0 Å². The van der Waals surface area contributed by atoms with Crippen LogP contribution in [-0.4, -0.2) is 33.7 Å². The summed E-state index contributed by atoms with van der Waals surface area (Å²) in [6, 6.07) is 5.08. The molecule has 0 atom stereocenters. The number of halogens is 2. The third-order valence-electron chi connectivity index (χ3n) is 2.70. The van der Waals surface area contributed by atoms with E-state index in [1.54, 1.807) is 6.07 Å². The Kier molecular flexibility index (Phi) is 4.10. The van der Waals surface area contributed by atoms with Crippen LogP contribution in [0.15, 0.2) is 22.7 Å². The first-order valence-corrected chi connectivity index (χ1v) is 7.45. The van der Waals surface area contributed by atoms with Gasteiger partial charge in [-0.1, -0.05) is 12.1 Å². The molecule has 0 N–H and O–H groups in total. The molecule has 1 aliphatic heterocycles. The molecule has 0 unspecified atom stereocenters. The Hall–Kier alpha value is -0.260. The van der Waals surface area contributed by atoms with E-state index in [0.717, 1.165) is 36.7 Å². The fourth-order valence-electron chi connectivity index (χ4n) is 1.75. The smallest absolute Gasteiger partial charge is 0.137 e. The van der Waals surface area contributed by atoms with Gasteiger partial charge in [-0.3, -0.25) is 9.11 Å². The molecule has 1 heterocycles. The van der Waals surface area contributed by atoms with Crippen molar-refractivity contribution in [3.05, 3.63) is 34.1 Å². The second-order valence-corrected chi connectivity index (χ2v) is 6.33. The van der Waals surface area contributed by atoms with Crippen LogP contribution >= 0.6 is 15.9 Å². The summed E-state index contributed by atoms with van der Waals surface area (Å²) in [6.45, 7) is 2.38. The van der Waals surface area contributed by atoms with Crippen LogP contribution in [-0.2, 0) is 17.3 Å². The quantitative estimate of drug-likeness (QED) is 0.834. The van der Waals surface area contributed by atoms with Gasteiger partial charge in [0.1, 0.15) is 5.82 Å². The minimum atomic E-state index is -0.656. The number of nitrogens with zero attached hydrogens (tertiary/aromatic N) is 1. The Morgan fingerprint density at radius 1 is 1.38 bits per heavy atom. The highest BCUT2D eigenvalue weighted by atomic mass is 79.9. The average molecular weight is 306 g/mol. The van der Waals surface area contributed by atoms with Crippen LogP contribution in [0.25, 0.3) is 0 Å². The van der Waals surface area contributed by atoms with E-state index in [1.807, 2.05) is 6.07 Å². The van der Waals surface area contributed by atoms with Crippen molar-refractivity contribution in [2.75, 3.05) is 24.6 Å². The van der Waals surface area contributed by atoms with Crippen LogP contribution < -0.4 is 0 Å². The maximum atomic E-state index is 13.3. The topological polar surface area (TPSA) is 20.3 Å². The Balaban J connectivity index is 2.04. The lowest BCUT2D eigenvalue weighted by Gasteiger charge is -2.26. The van der Waals surface area contributed by atoms with Gasteiger partial charge in [0, 0.05) is 41.9 Å². The lowest BCUT2D eigenvalue weighted by atomic mass is 10.2. The second-order valence-electron chi connectivity index (χ2n) is 3.84. The van der Waals surface area contributed by atoms with Crippen molar-refractivity contribution in [2.45, 2.75) is 6.54 Å². The standard InChI is InChI=1S/C11H13BrFNOS/c12-11-9(2-1-3-10(11)13)8-14-4-6-16(15)7-5-14/h1-3H,4-8H2. The summed E-state index contributed by atoms with van der Waals surface area (Å²) in [4.78, 5) is 2.21. The van der Waals surface area contributed by atoms with Gasteiger partial charge in [0.05, 0.1) is 4.47 Å². The summed E-state index contributed by atoms with van der Waals surface area (Å²) in [5, 5.41) is 0. The van der Waals surface area contributed by atoms with Gasteiger partial charge in [0.25, 0.3) is 0 Å². The molecule has 2 nitrogen and oxygen atoms in total. The van der Waals surface area contributed by atoms with Crippen LogP contribution in [0.4, 0.5) is 4.39 Å². The number of rotatable bonds is 2. The zero-order chi connectivity index (χ0) is 11.5. The highest BCUT2D eigenvalue weighted by Crippen LogP contribution is 2.22. The number of hydrogen-bond acceptors (Lipinski definition) is 2. The molecule has 16 heavy (non-hydrogen) atoms. The van der Waals surface area contributed by atoms with Gasteiger partial charge >= 0.3 is 0 Å².